The van der Waals surface area contributed by atoms with Crippen LogP contribution in [0.1, 0.15) is 72.1 Å². The second kappa shape index (κ2) is 17.8. The van der Waals surface area contributed by atoms with Crippen LogP contribution in [0.15, 0.2) is 36.0 Å². The zero-order valence-corrected chi connectivity index (χ0v) is 32.4. The van der Waals surface area contributed by atoms with Crippen LogP contribution in [-0.4, -0.2) is 114 Å². The number of nitrogens with zero attached hydrogens (tertiary/aromatic N) is 2. The molecule has 0 radical (unpaired) electrons. The summed E-state index contributed by atoms with van der Waals surface area (Å²) < 4.78 is 20.7. The highest BCUT2D eigenvalue weighted by Gasteiger charge is 2.57. The van der Waals surface area contributed by atoms with Crippen molar-refractivity contribution in [3.8, 4) is 0 Å². The monoisotopic (exact) mass is 760 g/mol. The van der Waals surface area contributed by atoms with E-state index in [-0.39, 0.29) is 31.2 Å². The second-order valence-electron chi connectivity index (χ2n) is 15.6. The van der Waals surface area contributed by atoms with Crippen molar-refractivity contribution in [3.63, 3.8) is 0 Å². The van der Waals surface area contributed by atoms with Gasteiger partial charge in [0.15, 0.2) is 0 Å². The average Bonchev–Trinajstić information content (AvgIpc) is 3.42. The standard InChI is InChI=1S/C37H54FN6O8P/c1-36(2,3)52-35(51)42-29(23-15-11-8-12-16-23)34(50)44-21-24-17-37(38,53)18-25(24)30(44)32(48)39-19-26(45)31(47)40-20-27(46)41-28(33(49)43(4)5)22-13-9-6-7-10-14-22/h6,9-10,13-14,23-25,28-30H,7-8,11-12,15-21,53H2,1-5H3,(H,39,48)(H,40,47)(H,41,46)(H,42,51)/t24-,25-,28?,29?,30?,37?/m0/s1. The molecule has 16 heteroatoms. The van der Waals surface area contributed by atoms with Gasteiger partial charge in [-0.2, -0.15) is 0 Å². The molecule has 292 valence electrons. The van der Waals surface area contributed by atoms with E-state index < -0.39 is 89.6 Å². The van der Waals surface area contributed by atoms with Crippen molar-refractivity contribution in [2.75, 3.05) is 33.7 Å². The quantitative estimate of drug-likeness (QED) is 0.172. The Morgan fingerprint density at radius 2 is 1.70 bits per heavy atom. The molecule has 7 atom stereocenters. The van der Waals surface area contributed by atoms with E-state index in [4.69, 9.17) is 4.74 Å². The van der Waals surface area contributed by atoms with Crippen molar-refractivity contribution in [1.29, 1.82) is 0 Å². The number of allylic oxidation sites excluding steroid dienone is 4. The van der Waals surface area contributed by atoms with Crippen LogP contribution < -0.4 is 21.3 Å². The second-order valence-corrected chi connectivity index (χ2v) is 16.6. The molecular weight excluding hydrogens is 706 g/mol. The van der Waals surface area contributed by atoms with Gasteiger partial charge in [0.1, 0.15) is 29.1 Å². The van der Waals surface area contributed by atoms with Crippen LogP contribution in [0.4, 0.5) is 9.18 Å². The third-order valence-corrected chi connectivity index (χ3v) is 10.5. The van der Waals surface area contributed by atoms with Crippen LogP contribution in [0.25, 0.3) is 0 Å². The summed E-state index contributed by atoms with van der Waals surface area (Å²) in [5.41, 5.74) is -0.268. The Bertz CT molecular complexity index is 1530. The highest BCUT2D eigenvalue weighted by atomic mass is 31.0. The van der Waals surface area contributed by atoms with E-state index in [0.29, 0.717) is 24.8 Å². The maximum atomic E-state index is 15.2. The molecule has 14 nitrogen and oxygen atoms in total. The molecule has 0 aromatic rings. The molecule has 0 aromatic heterocycles. The fourth-order valence-corrected chi connectivity index (χ4v) is 8.15. The van der Waals surface area contributed by atoms with Gasteiger partial charge in [-0.25, -0.2) is 9.18 Å². The maximum Gasteiger partial charge on any atom is 0.408 e. The Balaban J connectivity index is 1.41. The molecule has 1 saturated heterocycles. The zero-order chi connectivity index (χ0) is 39.1. The minimum atomic E-state index is -1.63. The molecule has 4 rings (SSSR count). The van der Waals surface area contributed by atoms with E-state index in [1.165, 1.54) is 9.80 Å². The number of fused-ring (bicyclic) bond motifs is 1. The van der Waals surface area contributed by atoms with Gasteiger partial charge < -0.3 is 35.8 Å². The van der Waals surface area contributed by atoms with Crippen molar-refractivity contribution in [3.05, 3.63) is 36.0 Å². The number of alkyl carbamates (subject to hydrolysis) is 1. The lowest BCUT2D eigenvalue weighted by atomic mass is 9.83. The normalized spacial score (nSPS) is 25.2. The Hall–Kier alpha value is -4.13. The van der Waals surface area contributed by atoms with Crippen molar-refractivity contribution >= 4 is 50.7 Å². The summed E-state index contributed by atoms with van der Waals surface area (Å²) in [6, 6.07) is -3.14. The van der Waals surface area contributed by atoms with Gasteiger partial charge in [-0.1, -0.05) is 58.9 Å². The van der Waals surface area contributed by atoms with Gasteiger partial charge in [0.05, 0.1) is 13.1 Å². The molecule has 1 heterocycles. The molecule has 5 unspecified atom stereocenters. The fourth-order valence-electron chi connectivity index (χ4n) is 7.58. The average molecular weight is 761 g/mol. The number of hydrogen-bond donors (Lipinski definition) is 4. The number of amides is 6. The summed E-state index contributed by atoms with van der Waals surface area (Å²) in [6.07, 6.45) is 13.1. The van der Waals surface area contributed by atoms with Gasteiger partial charge in [0.2, 0.25) is 29.4 Å². The van der Waals surface area contributed by atoms with Crippen molar-refractivity contribution in [2.45, 2.75) is 101 Å². The lowest BCUT2D eigenvalue weighted by Gasteiger charge is -2.36. The molecular formula is C37H54FN6O8P. The number of carbonyl (C=O) groups is 7. The van der Waals surface area contributed by atoms with Crippen LogP contribution in [0.5, 0.6) is 0 Å². The van der Waals surface area contributed by atoms with Gasteiger partial charge in [0.25, 0.3) is 5.91 Å². The predicted molar refractivity (Wildman–Crippen MR) is 198 cm³/mol. The third-order valence-electron chi connectivity index (χ3n) is 9.99. The molecule has 6 amide bonds. The van der Waals surface area contributed by atoms with Crippen LogP contribution in [0.3, 0.4) is 0 Å². The first-order valence-electron chi connectivity index (χ1n) is 18.3. The van der Waals surface area contributed by atoms with Crippen molar-refractivity contribution in [2.24, 2.45) is 17.8 Å². The van der Waals surface area contributed by atoms with Gasteiger partial charge in [-0.3, -0.25) is 28.8 Å². The van der Waals surface area contributed by atoms with Crippen molar-refractivity contribution in [1.82, 2.24) is 31.1 Å². The first kappa shape index (κ1) is 41.6. The summed E-state index contributed by atoms with van der Waals surface area (Å²) in [6.45, 7) is 3.88. The molecule has 2 saturated carbocycles. The van der Waals surface area contributed by atoms with E-state index in [1.807, 2.05) is 12.2 Å². The summed E-state index contributed by atoms with van der Waals surface area (Å²) >= 11 is 0. The molecule has 3 aliphatic carbocycles. The molecule has 1 aliphatic heterocycles. The SMILES string of the molecule is CN(C)C(=O)C(NC(=O)CNC(=O)C(=O)CNC(=O)C1[C@H]2CC(F)(P)C[C@H]2CN1C(=O)C(NC(=O)OC(C)(C)C)C1CCCCC1)C1=CC=CCC=C1. The van der Waals surface area contributed by atoms with Crippen LogP contribution in [0.2, 0.25) is 0 Å². The lowest BCUT2D eigenvalue weighted by molar-refractivity contribution is -0.143. The highest BCUT2D eigenvalue weighted by molar-refractivity contribution is 7.18. The predicted octanol–water partition coefficient (Wildman–Crippen LogP) is 2.05. The largest absolute Gasteiger partial charge is 0.444 e. The number of ketones is 1. The number of nitrogens with one attached hydrogen (secondary N) is 4. The highest BCUT2D eigenvalue weighted by Crippen LogP contribution is 2.52. The van der Waals surface area contributed by atoms with Gasteiger partial charge in [-0.05, 0) is 76.2 Å². The number of likely N-dealkylation sites (tertiary alicyclic amines) is 1. The summed E-state index contributed by atoms with van der Waals surface area (Å²) in [7, 11) is 5.29. The number of rotatable bonds is 12. The number of carbonyl (C=O) groups excluding carboxylic acids is 7. The van der Waals surface area contributed by atoms with Crippen LogP contribution in [0, 0.1) is 17.8 Å². The zero-order valence-electron chi connectivity index (χ0n) is 31.2. The summed E-state index contributed by atoms with van der Waals surface area (Å²) in [4.78, 5) is 94.8. The smallest absolute Gasteiger partial charge is 0.408 e. The van der Waals surface area contributed by atoms with Gasteiger partial charge in [-0.15, -0.1) is 0 Å². The number of ether oxygens (including phenoxy) is 1. The maximum absolute atomic E-state index is 15.2. The molecule has 4 aliphatic rings. The first-order chi connectivity index (χ1) is 24.9. The number of likely N-dealkylation sites (N-methyl/N-ethyl adjacent to an activating group) is 1. The Kier molecular flexibility index (Phi) is 14.0. The molecule has 3 fully saturated rings. The topological polar surface area (TPSA) is 183 Å². The molecule has 0 bridgehead atoms. The van der Waals surface area contributed by atoms with E-state index in [1.54, 1.807) is 53.1 Å². The molecule has 0 spiro atoms. The summed E-state index contributed by atoms with van der Waals surface area (Å²) in [5.74, 6) is -5.60. The van der Waals surface area contributed by atoms with Crippen LogP contribution in [-0.2, 0) is 33.5 Å². The van der Waals surface area contributed by atoms with Crippen LogP contribution >= 0.6 is 9.24 Å². The molecule has 53 heavy (non-hydrogen) atoms. The van der Waals surface area contributed by atoms with E-state index in [9.17, 15) is 33.6 Å². The van der Waals surface area contributed by atoms with Crippen molar-refractivity contribution < 1.29 is 42.7 Å². The Labute approximate surface area is 312 Å². The van der Waals surface area contributed by atoms with Gasteiger partial charge in [0, 0.05) is 20.6 Å². The third kappa shape index (κ3) is 11.4. The first-order valence-corrected chi connectivity index (χ1v) is 18.8. The Morgan fingerprint density at radius 3 is 2.36 bits per heavy atom. The molecule has 0 aromatic carbocycles. The molecule has 4 N–H and O–H groups in total. The Morgan fingerprint density at radius 1 is 1.00 bits per heavy atom. The van der Waals surface area contributed by atoms with E-state index in [2.05, 4.69) is 30.5 Å². The minimum Gasteiger partial charge on any atom is -0.444 e. The van der Waals surface area contributed by atoms with E-state index in [0.717, 1.165) is 19.3 Å². The van der Waals surface area contributed by atoms with E-state index >= 15 is 4.39 Å². The number of hydrogen-bond acceptors (Lipinski definition) is 8. The fraction of sp³-hybridized carbons (Fsp3) is 0.649. The number of halogens is 1. The van der Waals surface area contributed by atoms with Gasteiger partial charge >= 0.3 is 6.09 Å². The number of Topliss-reactive ketones (excluding diaryl/α,β-unsaturated/α-hetero) is 1. The minimum absolute atomic E-state index is 0.0123. The number of alkyl halides is 1. The lowest BCUT2D eigenvalue weighted by Crippen LogP contribution is -2.58. The summed E-state index contributed by atoms with van der Waals surface area (Å²) in [5, 5.41) is 8.41.